The van der Waals surface area contributed by atoms with Crippen molar-refractivity contribution in [2.45, 2.75) is 13.8 Å². The van der Waals surface area contributed by atoms with Gasteiger partial charge in [0.15, 0.2) is 0 Å². The van der Waals surface area contributed by atoms with E-state index < -0.39 is 0 Å². The van der Waals surface area contributed by atoms with Gasteiger partial charge in [0.1, 0.15) is 0 Å². The molecule has 0 radical (unpaired) electrons. The van der Waals surface area contributed by atoms with Crippen molar-refractivity contribution in [1.29, 1.82) is 0 Å². The fourth-order valence-corrected chi connectivity index (χ4v) is 0.385. The molecule has 1 aromatic carbocycles. The van der Waals surface area contributed by atoms with Crippen molar-refractivity contribution in [3.63, 3.8) is 0 Å². The van der Waals surface area contributed by atoms with Crippen LogP contribution in [-0.4, -0.2) is 0 Å². The maximum atomic E-state index is 2.00. The van der Waals surface area contributed by atoms with E-state index in [9.17, 15) is 0 Å². The van der Waals surface area contributed by atoms with Crippen LogP contribution in [0.3, 0.4) is 0 Å². The molecule has 0 unspecified atom stereocenters. The number of benzene rings is 1. The van der Waals surface area contributed by atoms with Crippen LogP contribution in [0.25, 0.3) is 0 Å². The summed E-state index contributed by atoms with van der Waals surface area (Å²) in [6, 6.07) is 12.0. The number of halogens is 1. The van der Waals surface area contributed by atoms with Crippen molar-refractivity contribution >= 4 is 0 Å². The standard InChI is InChI=1S/C6H6.C2H6.FH/c1-2-4-6-5-3-1;1-2;/h1-6H;1-2H3;1H. The fraction of sp³-hybridized carbons (Fsp3) is 0.250. The van der Waals surface area contributed by atoms with Crippen molar-refractivity contribution in [2.75, 3.05) is 0 Å². The molecule has 0 saturated heterocycles. The first-order valence-corrected chi connectivity index (χ1v) is 3.00. The molecule has 0 aliphatic heterocycles. The van der Waals surface area contributed by atoms with Crippen molar-refractivity contribution in [3.05, 3.63) is 36.4 Å². The molecule has 9 heavy (non-hydrogen) atoms. The van der Waals surface area contributed by atoms with Crippen LogP contribution in [0.2, 0.25) is 0 Å². The minimum absolute atomic E-state index is 0. The first kappa shape index (κ1) is 11.0. The summed E-state index contributed by atoms with van der Waals surface area (Å²) >= 11 is 0. The fourth-order valence-electron chi connectivity index (χ4n) is 0.385. The van der Waals surface area contributed by atoms with E-state index >= 15 is 0 Å². The highest BCUT2D eigenvalue weighted by Crippen LogP contribution is 1.79. The number of hydrogen-bond acceptors (Lipinski definition) is 0. The lowest BCUT2D eigenvalue weighted by atomic mass is 10.4. The van der Waals surface area contributed by atoms with Crippen molar-refractivity contribution in [3.8, 4) is 0 Å². The Morgan fingerprint density at radius 2 is 0.667 bits per heavy atom. The Morgan fingerprint density at radius 1 is 0.556 bits per heavy atom. The van der Waals surface area contributed by atoms with E-state index in [-0.39, 0.29) is 4.70 Å². The summed E-state index contributed by atoms with van der Waals surface area (Å²) in [4.78, 5) is 0. The Balaban J connectivity index is 0. The first-order chi connectivity index (χ1) is 4.00. The van der Waals surface area contributed by atoms with E-state index in [1.54, 1.807) is 0 Å². The van der Waals surface area contributed by atoms with Gasteiger partial charge in [0.25, 0.3) is 0 Å². The molecule has 1 rings (SSSR count). The molecule has 0 N–H and O–H groups in total. The monoisotopic (exact) mass is 128 g/mol. The largest absolute Gasteiger partial charge is 0.269 e. The summed E-state index contributed by atoms with van der Waals surface area (Å²) in [7, 11) is 0. The molecule has 1 aromatic rings. The molecule has 1 heteroatoms. The Hall–Kier alpha value is -0.850. The molecule has 0 aliphatic carbocycles. The van der Waals surface area contributed by atoms with Crippen molar-refractivity contribution in [1.82, 2.24) is 0 Å². The predicted molar refractivity (Wildman–Crippen MR) is 40.3 cm³/mol. The lowest BCUT2D eigenvalue weighted by Crippen LogP contribution is -1.47. The zero-order chi connectivity index (χ0) is 6.24. The van der Waals surface area contributed by atoms with Gasteiger partial charge in [-0.15, -0.1) is 0 Å². The van der Waals surface area contributed by atoms with Crippen LogP contribution >= 0.6 is 0 Å². The second-order valence-corrected chi connectivity index (χ2v) is 1.15. The van der Waals surface area contributed by atoms with Gasteiger partial charge in [-0.05, 0) is 0 Å². The van der Waals surface area contributed by atoms with Gasteiger partial charge >= 0.3 is 0 Å². The van der Waals surface area contributed by atoms with Crippen molar-refractivity contribution < 1.29 is 4.70 Å². The van der Waals surface area contributed by atoms with E-state index in [1.807, 2.05) is 50.2 Å². The van der Waals surface area contributed by atoms with Gasteiger partial charge in [-0.25, -0.2) is 0 Å². The van der Waals surface area contributed by atoms with Gasteiger partial charge in [0.2, 0.25) is 0 Å². The zero-order valence-electron chi connectivity index (χ0n) is 5.87. The van der Waals surface area contributed by atoms with Crippen LogP contribution < -0.4 is 0 Å². The van der Waals surface area contributed by atoms with Crippen molar-refractivity contribution in [2.24, 2.45) is 0 Å². The average Bonchev–Trinajstić information content (AvgIpc) is 1.96. The van der Waals surface area contributed by atoms with Crippen LogP contribution in [0.1, 0.15) is 13.8 Å². The highest BCUT2D eigenvalue weighted by Gasteiger charge is 1.57. The van der Waals surface area contributed by atoms with Crippen LogP contribution in [0, 0.1) is 0 Å². The summed E-state index contributed by atoms with van der Waals surface area (Å²) in [6.07, 6.45) is 0. The Kier molecular flexibility index (Phi) is 12.5. The third-order valence-corrected chi connectivity index (χ3v) is 0.667. The zero-order valence-corrected chi connectivity index (χ0v) is 5.87. The highest BCUT2D eigenvalue weighted by atomic mass is 19.0. The molecule has 0 bridgehead atoms. The van der Waals surface area contributed by atoms with Crippen LogP contribution in [-0.2, 0) is 0 Å². The smallest absolute Gasteiger partial charge is 0.0623 e. The van der Waals surface area contributed by atoms with Crippen LogP contribution in [0.5, 0.6) is 0 Å². The van der Waals surface area contributed by atoms with Gasteiger partial charge in [0.05, 0.1) is 0 Å². The molecule has 0 atom stereocenters. The van der Waals surface area contributed by atoms with E-state index in [4.69, 9.17) is 0 Å². The van der Waals surface area contributed by atoms with E-state index in [0.717, 1.165) is 0 Å². The van der Waals surface area contributed by atoms with Gasteiger partial charge in [-0.1, -0.05) is 50.2 Å². The summed E-state index contributed by atoms with van der Waals surface area (Å²) in [5.74, 6) is 0. The second kappa shape index (κ2) is 10.2. The molecule has 0 aliphatic rings. The normalized spacial score (nSPS) is 6.00. The predicted octanol–water partition coefficient (Wildman–Crippen LogP) is 2.87. The summed E-state index contributed by atoms with van der Waals surface area (Å²) in [5, 5.41) is 0. The number of rotatable bonds is 0. The molecule has 0 amide bonds. The summed E-state index contributed by atoms with van der Waals surface area (Å²) in [5.41, 5.74) is 0. The SMILES string of the molecule is CC.F.c1ccccc1. The maximum absolute atomic E-state index is 2.00. The molecule has 0 nitrogen and oxygen atoms in total. The van der Waals surface area contributed by atoms with Gasteiger partial charge in [0, 0.05) is 0 Å². The molecule has 0 aromatic heterocycles. The topological polar surface area (TPSA) is 0 Å². The molecule has 0 heterocycles. The van der Waals surface area contributed by atoms with E-state index in [2.05, 4.69) is 0 Å². The minimum atomic E-state index is 0. The average molecular weight is 128 g/mol. The lowest BCUT2D eigenvalue weighted by molar-refractivity contribution is 1.11. The van der Waals surface area contributed by atoms with Crippen LogP contribution in [0.4, 0.5) is 4.70 Å². The van der Waals surface area contributed by atoms with Gasteiger partial charge < -0.3 is 0 Å². The van der Waals surface area contributed by atoms with Gasteiger partial charge in [-0.3, -0.25) is 4.70 Å². The van der Waals surface area contributed by atoms with E-state index in [1.165, 1.54) is 0 Å². The Bertz CT molecular complexity index is 76.5. The molecule has 0 spiro atoms. The van der Waals surface area contributed by atoms with Crippen LogP contribution in [0.15, 0.2) is 36.4 Å². The molecular weight excluding hydrogens is 115 g/mol. The molecular formula is C8H13F. The third-order valence-electron chi connectivity index (χ3n) is 0.667. The highest BCUT2D eigenvalue weighted by molar-refractivity contribution is 4.99. The Labute approximate surface area is 55.9 Å². The summed E-state index contributed by atoms with van der Waals surface area (Å²) in [6.45, 7) is 4.00. The second-order valence-electron chi connectivity index (χ2n) is 1.15. The molecule has 0 saturated carbocycles. The number of hydrogen-bond donors (Lipinski definition) is 0. The van der Waals surface area contributed by atoms with E-state index in [0.29, 0.717) is 0 Å². The third kappa shape index (κ3) is 7.15. The summed E-state index contributed by atoms with van der Waals surface area (Å²) < 4.78 is 0. The van der Waals surface area contributed by atoms with Gasteiger partial charge in [-0.2, -0.15) is 0 Å². The first-order valence-electron chi connectivity index (χ1n) is 3.00. The quantitative estimate of drug-likeness (QED) is 0.504. The minimum Gasteiger partial charge on any atom is -0.269 e. The lowest BCUT2D eigenvalue weighted by Gasteiger charge is -1.69. The molecule has 0 fully saturated rings. The molecule has 52 valence electrons. The Morgan fingerprint density at radius 3 is 0.778 bits per heavy atom. The maximum Gasteiger partial charge on any atom is -0.0623 e.